The van der Waals surface area contributed by atoms with Gasteiger partial charge in [-0.3, -0.25) is 9.59 Å². The Kier molecular flexibility index (Phi) is 4.65. The smallest absolute Gasteiger partial charge is 0.246 e. The van der Waals surface area contributed by atoms with Gasteiger partial charge < -0.3 is 14.6 Å². The Morgan fingerprint density at radius 1 is 1.43 bits per heavy atom. The van der Waals surface area contributed by atoms with Gasteiger partial charge in [0.15, 0.2) is 0 Å². The first-order valence-electron chi connectivity index (χ1n) is 7.44. The van der Waals surface area contributed by atoms with Crippen molar-refractivity contribution in [3.8, 4) is 0 Å². The number of aromatic nitrogens is 1. The van der Waals surface area contributed by atoms with Gasteiger partial charge in [0.2, 0.25) is 17.7 Å². The Morgan fingerprint density at radius 2 is 2.14 bits per heavy atom. The minimum atomic E-state index is -0.451. The van der Waals surface area contributed by atoms with Gasteiger partial charge in [-0.05, 0) is 25.7 Å². The number of nitrogens with zero attached hydrogens (tertiary/aromatic N) is 2. The number of hydrogen-bond acceptors (Lipinski definition) is 4. The topological polar surface area (TPSA) is 75.4 Å². The van der Waals surface area contributed by atoms with E-state index in [1.54, 1.807) is 18.0 Å². The summed E-state index contributed by atoms with van der Waals surface area (Å²) in [6, 6.07) is -0.899. The molecule has 116 valence electrons. The second-order valence-corrected chi connectivity index (χ2v) is 5.95. The van der Waals surface area contributed by atoms with Crippen LogP contribution in [0.3, 0.4) is 0 Å². The summed E-state index contributed by atoms with van der Waals surface area (Å²) in [6.45, 7) is 8.02. The molecule has 0 spiro atoms. The minimum Gasteiger partial charge on any atom is -0.444 e. The third-order valence-electron chi connectivity index (χ3n) is 3.65. The van der Waals surface area contributed by atoms with Crippen LogP contribution in [0.25, 0.3) is 0 Å². The number of hydrogen-bond donors (Lipinski definition) is 1. The highest BCUT2D eigenvalue weighted by molar-refractivity contribution is 5.96. The van der Waals surface area contributed by atoms with E-state index in [0.29, 0.717) is 30.4 Å². The van der Waals surface area contributed by atoms with Gasteiger partial charge in [-0.1, -0.05) is 20.8 Å². The molecule has 21 heavy (non-hydrogen) atoms. The van der Waals surface area contributed by atoms with Crippen LogP contribution in [0.15, 0.2) is 10.6 Å². The van der Waals surface area contributed by atoms with Crippen LogP contribution in [0.1, 0.15) is 45.3 Å². The Balaban J connectivity index is 2.19. The normalized spacial score (nSPS) is 22.8. The van der Waals surface area contributed by atoms with Gasteiger partial charge in [-0.2, -0.15) is 0 Å². The van der Waals surface area contributed by atoms with Crippen LogP contribution in [0.2, 0.25) is 0 Å². The van der Waals surface area contributed by atoms with E-state index < -0.39 is 12.1 Å². The van der Waals surface area contributed by atoms with Crippen LogP contribution in [0, 0.1) is 12.8 Å². The molecule has 1 aliphatic heterocycles. The molecule has 6 nitrogen and oxygen atoms in total. The summed E-state index contributed by atoms with van der Waals surface area (Å²) < 4.78 is 5.44. The number of carbonyl (C=O) groups is 2. The van der Waals surface area contributed by atoms with Crippen molar-refractivity contribution < 1.29 is 14.0 Å². The maximum absolute atomic E-state index is 12.6. The number of carbonyl (C=O) groups excluding carboxylic acids is 2. The molecular formula is C15H23N3O3. The maximum atomic E-state index is 12.6. The van der Waals surface area contributed by atoms with Gasteiger partial charge >= 0.3 is 0 Å². The number of oxazole rings is 1. The molecule has 0 aliphatic carbocycles. The van der Waals surface area contributed by atoms with Gasteiger partial charge in [0.05, 0.1) is 12.7 Å². The zero-order valence-corrected chi connectivity index (χ0v) is 13.0. The highest BCUT2D eigenvalue weighted by Gasteiger charge is 2.40. The lowest BCUT2D eigenvalue weighted by atomic mass is 9.97. The maximum Gasteiger partial charge on any atom is 0.246 e. The molecule has 2 unspecified atom stereocenters. The molecule has 2 rings (SSSR count). The SMILES string of the molecule is CCC1C(=O)NC(CC(C)C)C(=O)N1Cc1ncc(C)o1. The fraction of sp³-hybridized carbons (Fsp3) is 0.667. The predicted molar refractivity (Wildman–Crippen MR) is 77.3 cm³/mol. The highest BCUT2D eigenvalue weighted by Crippen LogP contribution is 2.20. The lowest BCUT2D eigenvalue weighted by molar-refractivity contribution is -0.151. The van der Waals surface area contributed by atoms with Crippen molar-refractivity contribution in [2.24, 2.45) is 5.92 Å². The monoisotopic (exact) mass is 293 g/mol. The van der Waals surface area contributed by atoms with Crippen LogP contribution in [0.5, 0.6) is 0 Å². The molecule has 0 radical (unpaired) electrons. The van der Waals surface area contributed by atoms with E-state index in [4.69, 9.17) is 4.42 Å². The number of rotatable bonds is 5. The van der Waals surface area contributed by atoms with Crippen LogP contribution in [0.4, 0.5) is 0 Å². The quantitative estimate of drug-likeness (QED) is 0.895. The molecule has 1 aromatic rings. The standard InChI is InChI=1S/C15H23N3O3/c1-5-12-14(19)17-11(6-9(2)3)15(20)18(12)8-13-16-7-10(4)21-13/h7,9,11-12H,5-6,8H2,1-4H3,(H,17,19). The van der Waals surface area contributed by atoms with Gasteiger partial charge in [0, 0.05) is 0 Å². The highest BCUT2D eigenvalue weighted by atomic mass is 16.4. The average molecular weight is 293 g/mol. The summed E-state index contributed by atoms with van der Waals surface area (Å²) in [5.41, 5.74) is 0. The lowest BCUT2D eigenvalue weighted by Crippen LogP contribution is -2.63. The lowest BCUT2D eigenvalue weighted by Gasteiger charge is -2.38. The van der Waals surface area contributed by atoms with E-state index >= 15 is 0 Å². The first kappa shape index (κ1) is 15.5. The Labute approximate surface area is 124 Å². The van der Waals surface area contributed by atoms with Crippen molar-refractivity contribution >= 4 is 11.8 Å². The van der Waals surface area contributed by atoms with Crippen molar-refractivity contribution in [2.45, 2.75) is 59.2 Å². The molecule has 2 amide bonds. The van der Waals surface area contributed by atoms with Gasteiger partial charge in [-0.25, -0.2) is 4.98 Å². The third kappa shape index (κ3) is 3.43. The zero-order chi connectivity index (χ0) is 15.6. The van der Waals surface area contributed by atoms with Crippen LogP contribution < -0.4 is 5.32 Å². The van der Waals surface area contributed by atoms with Crippen molar-refractivity contribution in [1.82, 2.24) is 15.2 Å². The summed E-state index contributed by atoms with van der Waals surface area (Å²) in [5.74, 6) is 1.36. The van der Waals surface area contributed by atoms with Gasteiger partial charge in [-0.15, -0.1) is 0 Å². The van der Waals surface area contributed by atoms with E-state index in [1.807, 2.05) is 20.8 Å². The molecule has 0 saturated carbocycles. The Bertz CT molecular complexity index is 524. The van der Waals surface area contributed by atoms with Crippen molar-refractivity contribution in [3.05, 3.63) is 17.8 Å². The molecule has 1 aliphatic rings. The number of amides is 2. The predicted octanol–water partition coefficient (Wildman–Crippen LogP) is 1.63. The number of piperazine rings is 1. The molecule has 1 aromatic heterocycles. The van der Waals surface area contributed by atoms with Crippen LogP contribution in [-0.4, -0.2) is 33.8 Å². The summed E-state index contributed by atoms with van der Waals surface area (Å²) in [6.07, 6.45) is 2.84. The molecule has 0 aromatic carbocycles. The zero-order valence-electron chi connectivity index (χ0n) is 13.0. The molecule has 1 fully saturated rings. The molecule has 6 heteroatoms. The van der Waals surface area contributed by atoms with Crippen molar-refractivity contribution in [2.75, 3.05) is 0 Å². The third-order valence-corrected chi connectivity index (χ3v) is 3.65. The first-order chi connectivity index (χ1) is 9.92. The summed E-state index contributed by atoms with van der Waals surface area (Å²) in [5, 5.41) is 2.84. The number of aryl methyl sites for hydroxylation is 1. The Hall–Kier alpha value is -1.85. The molecular weight excluding hydrogens is 270 g/mol. The fourth-order valence-electron chi connectivity index (χ4n) is 2.67. The molecule has 1 N–H and O–H groups in total. The van der Waals surface area contributed by atoms with E-state index in [1.165, 1.54) is 0 Å². The van der Waals surface area contributed by atoms with E-state index in [0.717, 1.165) is 0 Å². The second-order valence-electron chi connectivity index (χ2n) is 5.95. The van der Waals surface area contributed by atoms with Gasteiger partial charge in [0.25, 0.3) is 0 Å². The summed E-state index contributed by atoms with van der Waals surface area (Å²) in [7, 11) is 0. The molecule has 2 atom stereocenters. The van der Waals surface area contributed by atoms with Crippen LogP contribution >= 0.6 is 0 Å². The molecule has 2 heterocycles. The van der Waals surface area contributed by atoms with E-state index in [2.05, 4.69) is 10.3 Å². The largest absolute Gasteiger partial charge is 0.444 e. The minimum absolute atomic E-state index is 0.0500. The molecule has 1 saturated heterocycles. The molecule has 0 bridgehead atoms. The fourth-order valence-corrected chi connectivity index (χ4v) is 2.67. The second kappa shape index (κ2) is 6.28. The van der Waals surface area contributed by atoms with E-state index in [-0.39, 0.29) is 18.4 Å². The summed E-state index contributed by atoms with van der Waals surface area (Å²) >= 11 is 0. The van der Waals surface area contributed by atoms with Gasteiger partial charge in [0.1, 0.15) is 17.8 Å². The number of nitrogens with one attached hydrogen (secondary N) is 1. The first-order valence-corrected chi connectivity index (χ1v) is 7.44. The van der Waals surface area contributed by atoms with Crippen LogP contribution in [-0.2, 0) is 16.1 Å². The summed E-state index contributed by atoms with van der Waals surface area (Å²) in [4.78, 5) is 30.6. The van der Waals surface area contributed by atoms with E-state index in [9.17, 15) is 9.59 Å². The van der Waals surface area contributed by atoms with Crippen molar-refractivity contribution in [3.63, 3.8) is 0 Å². The van der Waals surface area contributed by atoms with Crippen molar-refractivity contribution in [1.29, 1.82) is 0 Å². The Morgan fingerprint density at radius 3 is 2.67 bits per heavy atom. The average Bonchev–Trinajstić information content (AvgIpc) is 2.80.